The average molecular weight is 596 g/mol. The molecule has 224 valence electrons. The van der Waals surface area contributed by atoms with E-state index in [0.29, 0.717) is 17.1 Å². The molecule has 0 unspecified atom stereocenters. The maximum Gasteiger partial charge on any atom is 0.335 e. The van der Waals surface area contributed by atoms with Crippen molar-refractivity contribution in [3.63, 3.8) is 0 Å². The van der Waals surface area contributed by atoms with Crippen molar-refractivity contribution in [1.29, 1.82) is 0 Å². The molecule has 1 saturated carbocycles. The highest BCUT2D eigenvalue weighted by Gasteiger charge is 2.23. The molecule has 1 N–H and O–H groups in total. The maximum atomic E-state index is 11.8. The monoisotopic (exact) mass is 595 g/mol. The van der Waals surface area contributed by atoms with Crippen LogP contribution in [-0.4, -0.2) is 38.5 Å². The van der Waals surface area contributed by atoms with Gasteiger partial charge in [0.15, 0.2) is 5.78 Å². The van der Waals surface area contributed by atoms with Gasteiger partial charge in [0.2, 0.25) is 0 Å². The van der Waals surface area contributed by atoms with E-state index >= 15 is 0 Å². The Labute approximate surface area is 261 Å². The van der Waals surface area contributed by atoms with Crippen molar-refractivity contribution in [3.05, 3.63) is 102 Å². The van der Waals surface area contributed by atoms with Gasteiger partial charge >= 0.3 is 5.97 Å². The maximum absolute atomic E-state index is 11.8. The molecular weight excluding hydrogens is 562 g/mol. The topological polar surface area (TPSA) is 94.3 Å². The van der Waals surface area contributed by atoms with Gasteiger partial charge in [0.1, 0.15) is 11.6 Å². The first kappa shape index (κ1) is 28.5. The van der Waals surface area contributed by atoms with Crippen LogP contribution in [0.5, 0.6) is 5.75 Å². The molecule has 6 aromatic rings. The van der Waals surface area contributed by atoms with Crippen LogP contribution in [-0.2, 0) is 0 Å². The number of nitrogens with zero attached hydrogens (tertiary/aromatic N) is 3. The number of fused-ring (bicyclic) bond motifs is 2. The molecule has 0 atom stereocenters. The zero-order valence-corrected chi connectivity index (χ0v) is 25.3. The molecule has 1 fully saturated rings. The third kappa shape index (κ3) is 5.35. The van der Waals surface area contributed by atoms with Crippen LogP contribution in [0.15, 0.2) is 91.0 Å². The summed E-state index contributed by atoms with van der Waals surface area (Å²) in [5.74, 6) is 0.672. The molecule has 7 rings (SSSR count). The average Bonchev–Trinajstić information content (AvgIpc) is 3.47. The lowest BCUT2D eigenvalue weighted by molar-refractivity contribution is 0.0696. The van der Waals surface area contributed by atoms with Crippen molar-refractivity contribution in [2.75, 3.05) is 7.11 Å². The van der Waals surface area contributed by atoms with Gasteiger partial charge in [-0.2, -0.15) is 0 Å². The summed E-state index contributed by atoms with van der Waals surface area (Å²) < 4.78 is 7.88. The molecule has 7 heteroatoms. The fraction of sp³-hybridized carbons (Fsp3) is 0.211. The minimum Gasteiger partial charge on any atom is -0.497 e. The first-order valence-electron chi connectivity index (χ1n) is 15.4. The Morgan fingerprint density at radius 3 is 2.24 bits per heavy atom. The van der Waals surface area contributed by atoms with Crippen LogP contribution in [0, 0.1) is 0 Å². The van der Waals surface area contributed by atoms with Crippen molar-refractivity contribution >= 4 is 33.7 Å². The van der Waals surface area contributed by atoms with E-state index in [2.05, 4.69) is 22.8 Å². The summed E-state index contributed by atoms with van der Waals surface area (Å²) in [6.45, 7) is 1.57. The van der Waals surface area contributed by atoms with Gasteiger partial charge in [-0.3, -0.25) is 4.79 Å². The fourth-order valence-corrected chi connectivity index (χ4v) is 6.56. The number of carbonyl (C=O) groups excluding carboxylic acids is 1. The number of imidazole rings is 1. The predicted octanol–water partition coefficient (Wildman–Crippen LogP) is 9.00. The van der Waals surface area contributed by atoms with Gasteiger partial charge in [-0.1, -0.05) is 55.7 Å². The number of ether oxygens (including phenoxy) is 1. The summed E-state index contributed by atoms with van der Waals surface area (Å²) in [5, 5.41) is 10.6. The molecule has 7 nitrogen and oxygen atoms in total. The molecule has 0 radical (unpaired) electrons. The summed E-state index contributed by atoms with van der Waals surface area (Å²) in [5.41, 5.74) is 8.15. The van der Waals surface area contributed by atoms with E-state index < -0.39 is 5.97 Å². The molecule has 4 aromatic carbocycles. The molecule has 45 heavy (non-hydrogen) atoms. The van der Waals surface area contributed by atoms with Gasteiger partial charge in [0.05, 0.1) is 34.9 Å². The lowest BCUT2D eigenvalue weighted by Crippen LogP contribution is -2.14. The van der Waals surface area contributed by atoms with E-state index in [9.17, 15) is 14.7 Å². The number of hydrogen-bond acceptors (Lipinski definition) is 5. The second-order valence-electron chi connectivity index (χ2n) is 11.8. The number of hydrogen-bond donors (Lipinski definition) is 1. The Bertz CT molecular complexity index is 2090. The lowest BCUT2D eigenvalue weighted by Gasteiger charge is -2.25. The van der Waals surface area contributed by atoms with Crippen LogP contribution in [0.2, 0.25) is 0 Å². The van der Waals surface area contributed by atoms with Crippen LogP contribution in [0.1, 0.15) is 65.8 Å². The summed E-state index contributed by atoms with van der Waals surface area (Å²) >= 11 is 0. The Morgan fingerprint density at radius 2 is 1.51 bits per heavy atom. The van der Waals surface area contributed by atoms with Crippen LogP contribution in [0.25, 0.3) is 55.7 Å². The minimum atomic E-state index is -0.953. The van der Waals surface area contributed by atoms with Crippen molar-refractivity contribution in [3.8, 4) is 39.5 Å². The van der Waals surface area contributed by atoms with E-state index in [1.54, 1.807) is 26.2 Å². The Balaban J connectivity index is 1.32. The number of benzene rings is 4. The number of aromatic nitrogens is 3. The number of carboxylic acids is 1. The summed E-state index contributed by atoms with van der Waals surface area (Å²) in [6.07, 6.45) is 5.75. The number of pyridine rings is 1. The molecule has 2 heterocycles. The Kier molecular flexibility index (Phi) is 7.37. The molecule has 0 amide bonds. The quantitative estimate of drug-likeness (QED) is 0.185. The number of carbonyl (C=O) groups is 2. The van der Waals surface area contributed by atoms with Crippen molar-refractivity contribution in [2.45, 2.75) is 45.1 Å². The van der Waals surface area contributed by atoms with E-state index in [1.807, 2.05) is 60.7 Å². The highest BCUT2D eigenvalue weighted by molar-refractivity contribution is 5.96. The molecule has 0 bridgehead atoms. The standard InChI is InChI=1S/C38H33N3O4/c1-23(42)24-8-10-25(11-9-24)31-16-15-30(45-2)22-32(31)34-18-12-26-20-27(13-17-33(26)39-34)37-40-35-21-28(38(43)44)14-19-36(35)41(37)29-6-4-3-5-7-29/h8-22,29H,3-7H2,1-2H3,(H,43,44). The lowest BCUT2D eigenvalue weighted by atomic mass is 9.94. The van der Waals surface area contributed by atoms with E-state index in [1.165, 1.54) is 19.3 Å². The Hall–Kier alpha value is -5.30. The third-order valence-electron chi connectivity index (χ3n) is 8.93. The first-order valence-corrected chi connectivity index (χ1v) is 15.4. The zero-order chi connectivity index (χ0) is 31.1. The zero-order valence-electron chi connectivity index (χ0n) is 25.3. The van der Waals surface area contributed by atoms with Crippen LogP contribution >= 0.6 is 0 Å². The number of ketones is 1. The summed E-state index contributed by atoms with van der Waals surface area (Å²) in [6, 6.07) is 29.5. The molecule has 0 saturated heterocycles. The van der Waals surface area contributed by atoms with Gasteiger partial charge in [-0.15, -0.1) is 0 Å². The van der Waals surface area contributed by atoms with Gasteiger partial charge in [0.25, 0.3) is 0 Å². The molecule has 0 spiro atoms. The normalized spacial score (nSPS) is 13.7. The molecular formula is C38H33N3O4. The first-order chi connectivity index (χ1) is 21.9. The summed E-state index contributed by atoms with van der Waals surface area (Å²) in [4.78, 5) is 33.6. The van der Waals surface area contributed by atoms with Gasteiger partial charge < -0.3 is 14.4 Å². The van der Waals surface area contributed by atoms with Crippen LogP contribution in [0.4, 0.5) is 0 Å². The largest absolute Gasteiger partial charge is 0.497 e. The second kappa shape index (κ2) is 11.7. The fourth-order valence-electron chi connectivity index (χ4n) is 6.56. The summed E-state index contributed by atoms with van der Waals surface area (Å²) in [7, 11) is 1.65. The number of carboxylic acid groups (broad SMARTS) is 1. The second-order valence-corrected chi connectivity index (χ2v) is 11.8. The van der Waals surface area contributed by atoms with Gasteiger partial charge in [-0.05, 0) is 85.5 Å². The number of rotatable bonds is 7. The third-order valence-corrected chi connectivity index (χ3v) is 8.93. The highest BCUT2D eigenvalue weighted by atomic mass is 16.5. The highest BCUT2D eigenvalue weighted by Crippen LogP contribution is 2.38. The molecule has 0 aliphatic heterocycles. The molecule has 1 aliphatic carbocycles. The van der Waals surface area contributed by atoms with Gasteiger partial charge in [-0.25, -0.2) is 14.8 Å². The van der Waals surface area contributed by atoms with Crippen molar-refractivity contribution in [2.24, 2.45) is 0 Å². The molecule has 1 aliphatic rings. The van der Waals surface area contributed by atoms with E-state index in [0.717, 1.165) is 68.8 Å². The Morgan fingerprint density at radius 1 is 0.756 bits per heavy atom. The minimum absolute atomic E-state index is 0.0337. The van der Waals surface area contributed by atoms with Crippen molar-refractivity contribution in [1.82, 2.24) is 14.5 Å². The van der Waals surface area contributed by atoms with Crippen LogP contribution in [0.3, 0.4) is 0 Å². The number of Topliss-reactive ketones (excluding diaryl/α,β-unsaturated/α-hetero) is 1. The van der Waals surface area contributed by atoms with E-state index in [4.69, 9.17) is 14.7 Å². The van der Waals surface area contributed by atoms with Crippen LogP contribution < -0.4 is 4.74 Å². The van der Waals surface area contributed by atoms with Gasteiger partial charge in [0, 0.05) is 28.1 Å². The van der Waals surface area contributed by atoms with E-state index in [-0.39, 0.29) is 11.3 Å². The predicted molar refractivity (Wildman–Crippen MR) is 177 cm³/mol. The van der Waals surface area contributed by atoms with Crippen molar-refractivity contribution < 1.29 is 19.4 Å². The smallest absolute Gasteiger partial charge is 0.335 e. The number of aromatic carboxylic acids is 1. The molecule has 2 aromatic heterocycles. The number of methoxy groups -OCH3 is 1. The SMILES string of the molecule is COc1ccc(-c2ccc(C(C)=O)cc2)c(-c2ccc3cc(-c4nc5cc(C(=O)O)ccc5n4C4CCCCC4)ccc3n2)c1.